The van der Waals surface area contributed by atoms with E-state index in [0.29, 0.717) is 0 Å². The normalized spacial score (nSPS) is 31.9. The zero-order valence-corrected chi connectivity index (χ0v) is 9.26. The van der Waals surface area contributed by atoms with E-state index in [2.05, 4.69) is 22.5 Å². The largest absolute Gasteiger partial charge is 0.317 e. The highest BCUT2D eigenvalue weighted by Crippen LogP contribution is 2.21. The van der Waals surface area contributed by atoms with Gasteiger partial charge in [0.2, 0.25) is 0 Å². The van der Waals surface area contributed by atoms with Crippen LogP contribution in [0.15, 0.2) is 0 Å². The number of likely N-dealkylation sites (N-methyl/N-ethyl adjacent to an activating group) is 1. The number of hydrogen-bond acceptors (Lipinski definition) is 3. The summed E-state index contributed by atoms with van der Waals surface area (Å²) in [5.41, 5.74) is 0. The van der Waals surface area contributed by atoms with Gasteiger partial charge in [0.05, 0.1) is 0 Å². The van der Waals surface area contributed by atoms with Gasteiger partial charge < -0.3 is 10.6 Å². The zero-order chi connectivity index (χ0) is 9.80. The zero-order valence-electron chi connectivity index (χ0n) is 9.26. The summed E-state index contributed by atoms with van der Waals surface area (Å²) < 4.78 is 0. The number of hydrogen-bond donors (Lipinski definition) is 2. The van der Waals surface area contributed by atoms with Crippen molar-refractivity contribution in [3.63, 3.8) is 0 Å². The molecule has 0 saturated carbocycles. The Kier molecular flexibility index (Phi) is 3.79. The molecule has 0 spiro atoms. The van der Waals surface area contributed by atoms with E-state index in [0.717, 1.165) is 12.0 Å². The number of nitrogens with one attached hydrogen (secondary N) is 2. The van der Waals surface area contributed by atoms with Gasteiger partial charge in [-0.15, -0.1) is 0 Å². The fourth-order valence-electron chi connectivity index (χ4n) is 2.85. The maximum Gasteiger partial charge on any atom is 0.0250 e. The molecule has 2 aliphatic rings. The minimum absolute atomic E-state index is 0.802. The van der Waals surface area contributed by atoms with Gasteiger partial charge in [-0.3, -0.25) is 4.90 Å². The summed E-state index contributed by atoms with van der Waals surface area (Å²) in [5.74, 6) is 0.920. The fraction of sp³-hybridized carbons (Fsp3) is 1.00. The summed E-state index contributed by atoms with van der Waals surface area (Å²) in [6, 6.07) is 0.802. The first-order chi connectivity index (χ1) is 6.92. The van der Waals surface area contributed by atoms with Gasteiger partial charge in [0.15, 0.2) is 0 Å². The molecule has 2 rings (SSSR count). The van der Waals surface area contributed by atoms with E-state index < -0.39 is 0 Å². The topological polar surface area (TPSA) is 27.3 Å². The molecule has 0 aromatic heterocycles. The van der Waals surface area contributed by atoms with Crippen molar-refractivity contribution in [2.24, 2.45) is 5.92 Å². The van der Waals surface area contributed by atoms with Gasteiger partial charge in [0.1, 0.15) is 0 Å². The Morgan fingerprint density at radius 3 is 2.64 bits per heavy atom. The highest BCUT2D eigenvalue weighted by Gasteiger charge is 2.29. The molecule has 3 nitrogen and oxygen atoms in total. The van der Waals surface area contributed by atoms with Crippen LogP contribution in [0.25, 0.3) is 0 Å². The van der Waals surface area contributed by atoms with Crippen molar-refractivity contribution >= 4 is 0 Å². The molecule has 1 atom stereocenters. The fourth-order valence-corrected chi connectivity index (χ4v) is 2.85. The minimum atomic E-state index is 0.802. The third-order valence-electron chi connectivity index (χ3n) is 3.73. The molecule has 3 heteroatoms. The summed E-state index contributed by atoms with van der Waals surface area (Å²) in [6.45, 7) is 9.58. The second-order valence-electron chi connectivity index (χ2n) is 4.49. The van der Waals surface area contributed by atoms with E-state index >= 15 is 0 Å². The molecule has 82 valence electrons. The Balaban J connectivity index is 1.91. The SMILES string of the molecule is CCN1CCNCC1C1CCNCC1. The maximum atomic E-state index is 3.53. The Morgan fingerprint density at radius 2 is 1.93 bits per heavy atom. The summed E-state index contributed by atoms with van der Waals surface area (Å²) in [4.78, 5) is 2.66. The third kappa shape index (κ3) is 2.27. The van der Waals surface area contributed by atoms with Crippen molar-refractivity contribution in [2.45, 2.75) is 25.8 Å². The first kappa shape index (κ1) is 10.4. The average molecular weight is 197 g/mol. The lowest BCUT2D eigenvalue weighted by atomic mass is 9.88. The van der Waals surface area contributed by atoms with Gasteiger partial charge in [-0.25, -0.2) is 0 Å². The van der Waals surface area contributed by atoms with Crippen molar-refractivity contribution in [1.29, 1.82) is 0 Å². The van der Waals surface area contributed by atoms with Gasteiger partial charge in [-0.05, 0) is 38.4 Å². The Bertz CT molecular complexity index is 166. The van der Waals surface area contributed by atoms with Crippen LogP contribution in [0.1, 0.15) is 19.8 Å². The summed E-state index contributed by atoms with van der Waals surface area (Å²) in [7, 11) is 0. The predicted octanol–water partition coefficient (Wildman–Crippen LogP) is 0.280. The molecule has 2 saturated heterocycles. The molecule has 0 aromatic carbocycles. The van der Waals surface area contributed by atoms with Crippen molar-refractivity contribution in [2.75, 3.05) is 39.3 Å². The van der Waals surface area contributed by atoms with Crippen LogP contribution >= 0.6 is 0 Å². The minimum Gasteiger partial charge on any atom is -0.317 e. The second kappa shape index (κ2) is 5.10. The molecule has 2 fully saturated rings. The molecular formula is C11H23N3. The number of piperidine rings is 1. The van der Waals surface area contributed by atoms with Gasteiger partial charge in [0.25, 0.3) is 0 Å². The summed E-state index contributed by atoms with van der Waals surface area (Å²) in [6.07, 6.45) is 2.73. The molecule has 0 aliphatic carbocycles. The Hall–Kier alpha value is -0.120. The van der Waals surface area contributed by atoms with E-state index in [4.69, 9.17) is 0 Å². The second-order valence-corrected chi connectivity index (χ2v) is 4.49. The van der Waals surface area contributed by atoms with Gasteiger partial charge in [0, 0.05) is 25.7 Å². The van der Waals surface area contributed by atoms with Gasteiger partial charge in [-0.2, -0.15) is 0 Å². The number of nitrogens with zero attached hydrogens (tertiary/aromatic N) is 1. The molecule has 0 bridgehead atoms. The highest BCUT2D eigenvalue weighted by molar-refractivity contribution is 4.87. The number of rotatable bonds is 2. The number of piperazine rings is 1. The van der Waals surface area contributed by atoms with E-state index in [9.17, 15) is 0 Å². The third-order valence-corrected chi connectivity index (χ3v) is 3.73. The molecule has 14 heavy (non-hydrogen) atoms. The van der Waals surface area contributed by atoms with Gasteiger partial charge in [-0.1, -0.05) is 6.92 Å². The molecule has 2 aliphatic heterocycles. The van der Waals surface area contributed by atoms with Crippen LogP contribution in [0.4, 0.5) is 0 Å². The molecular weight excluding hydrogens is 174 g/mol. The van der Waals surface area contributed by atoms with E-state index in [1.54, 1.807) is 0 Å². The lowest BCUT2D eigenvalue weighted by molar-refractivity contribution is 0.101. The van der Waals surface area contributed by atoms with Crippen molar-refractivity contribution in [1.82, 2.24) is 15.5 Å². The Labute approximate surface area is 87.2 Å². The molecule has 0 amide bonds. The predicted molar refractivity (Wildman–Crippen MR) is 59.5 cm³/mol. The molecule has 2 N–H and O–H groups in total. The van der Waals surface area contributed by atoms with Crippen LogP contribution < -0.4 is 10.6 Å². The van der Waals surface area contributed by atoms with Crippen LogP contribution in [0.3, 0.4) is 0 Å². The van der Waals surface area contributed by atoms with Crippen molar-refractivity contribution in [3.8, 4) is 0 Å². The molecule has 0 aromatic rings. The van der Waals surface area contributed by atoms with Crippen LogP contribution in [0.2, 0.25) is 0 Å². The molecule has 1 unspecified atom stereocenters. The van der Waals surface area contributed by atoms with Crippen LogP contribution in [0.5, 0.6) is 0 Å². The molecule has 0 radical (unpaired) electrons. The van der Waals surface area contributed by atoms with E-state index in [1.165, 1.54) is 52.1 Å². The first-order valence-electron chi connectivity index (χ1n) is 6.07. The maximum absolute atomic E-state index is 3.53. The van der Waals surface area contributed by atoms with Crippen LogP contribution in [0, 0.1) is 5.92 Å². The standard InChI is InChI=1S/C11H23N3/c1-2-14-8-7-13-9-11(14)10-3-5-12-6-4-10/h10-13H,2-9H2,1H3. The lowest BCUT2D eigenvalue weighted by Gasteiger charge is -2.41. The Morgan fingerprint density at radius 1 is 1.14 bits per heavy atom. The molecule has 2 heterocycles. The quantitative estimate of drug-likeness (QED) is 0.666. The monoisotopic (exact) mass is 197 g/mol. The van der Waals surface area contributed by atoms with Crippen molar-refractivity contribution in [3.05, 3.63) is 0 Å². The first-order valence-corrected chi connectivity index (χ1v) is 6.07. The smallest absolute Gasteiger partial charge is 0.0250 e. The summed E-state index contributed by atoms with van der Waals surface area (Å²) >= 11 is 0. The van der Waals surface area contributed by atoms with Crippen LogP contribution in [-0.4, -0.2) is 50.2 Å². The van der Waals surface area contributed by atoms with Gasteiger partial charge >= 0.3 is 0 Å². The van der Waals surface area contributed by atoms with E-state index in [1.807, 2.05) is 0 Å². The van der Waals surface area contributed by atoms with Crippen LogP contribution in [-0.2, 0) is 0 Å². The highest BCUT2D eigenvalue weighted by atomic mass is 15.2. The lowest BCUT2D eigenvalue weighted by Crippen LogP contribution is -2.55. The van der Waals surface area contributed by atoms with E-state index in [-0.39, 0.29) is 0 Å². The summed E-state index contributed by atoms with van der Waals surface area (Å²) in [5, 5.41) is 6.98. The average Bonchev–Trinajstić information content (AvgIpc) is 2.30. The van der Waals surface area contributed by atoms with Crippen molar-refractivity contribution < 1.29 is 0 Å².